The molecule has 0 fully saturated rings. The maximum atomic E-state index is 10.9. The van der Waals surface area contributed by atoms with Crippen LogP contribution in [0.25, 0.3) is 0 Å². The lowest BCUT2D eigenvalue weighted by Gasteiger charge is -2.11. The summed E-state index contributed by atoms with van der Waals surface area (Å²) in [6, 6.07) is 0. The molecule has 10 heteroatoms. The van der Waals surface area contributed by atoms with Gasteiger partial charge in [0.2, 0.25) is 0 Å². The molecule has 0 aliphatic carbocycles. The third-order valence-electron chi connectivity index (χ3n) is 1.000. The van der Waals surface area contributed by atoms with Gasteiger partial charge in [0.05, 0.1) is 6.10 Å². The highest BCUT2D eigenvalue weighted by atomic mass is 32.7. The minimum atomic E-state index is -4.95. The van der Waals surface area contributed by atoms with Gasteiger partial charge in [-0.2, -0.15) is 4.31 Å². The SMILES string of the molecule is C[C@H](O)CCSP(=O)(O)OP(=O)(O)O. The summed E-state index contributed by atoms with van der Waals surface area (Å²) in [6.45, 7) is -2.84. The van der Waals surface area contributed by atoms with Crippen molar-refractivity contribution in [2.24, 2.45) is 0 Å². The highest BCUT2D eigenvalue weighted by Crippen LogP contribution is 2.65. The lowest BCUT2D eigenvalue weighted by molar-refractivity contribution is 0.192. The average molecular weight is 266 g/mol. The summed E-state index contributed by atoms with van der Waals surface area (Å²) < 4.78 is 24.8. The first-order valence-corrected chi connectivity index (χ1v) is 8.24. The highest BCUT2D eigenvalue weighted by molar-refractivity contribution is 8.55. The molecule has 0 radical (unpaired) electrons. The van der Waals surface area contributed by atoms with Crippen molar-refractivity contribution in [2.45, 2.75) is 19.4 Å². The topological polar surface area (TPSA) is 124 Å². The van der Waals surface area contributed by atoms with Crippen LogP contribution in [0.2, 0.25) is 0 Å². The molecule has 4 N–H and O–H groups in total. The predicted molar refractivity (Wildman–Crippen MR) is 51.7 cm³/mol. The van der Waals surface area contributed by atoms with Crippen LogP contribution in [0, 0.1) is 0 Å². The molecule has 1 unspecified atom stereocenters. The van der Waals surface area contributed by atoms with Gasteiger partial charge in [-0.25, -0.2) is 9.13 Å². The van der Waals surface area contributed by atoms with Crippen LogP contribution >= 0.6 is 26.0 Å². The normalized spacial score (nSPS) is 18.9. The molecule has 0 bridgehead atoms. The van der Waals surface area contributed by atoms with Gasteiger partial charge < -0.3 is 19.8 Å². The van der Waals surface area contributed by atoms with E-state index >= 15 is 0 Å². The van der Waals surface area contributed by atoms with Gasteiger partial charge in [0.25, 0.3) is 0 Å². The molecule has 0 aromatic carbocycles. The molecule has 7 nitrogen and oxygen atoms in total. The number of hydrogen-bond donors (Lipinski definition) is 4. The molecule has 0 rings (SSSR count). The maximum Gasteiger partial charge on any atom is 0.477 e. The van der Waals surface area contributed by atoms with E-state index in [-0.39, 0.29) is 12.2 Å². The zero-order valence-corrected chi connectivity index (χ0v) is 9.91. The number of aliphatic hydroxyl groups excluding tert-OH is 1. The highest BCUT2D eigenvalue weighted by Gasteiger charge is 2.31. The summed E-state index contributed by atoms with van der Waals surface area (Å²) >= 11 is 0.371. The molecule has 0 amide bonds. The molecule has 0 aliphatic heterocycles. The van der Waals surface area contributed by atoms with Crippen LogP contribution in [0.5, 0.6) is 0 Å². The fourth-order valence-electron chi connectivity index (χ4n) is 0.497. The Morgan fingerprint density at radius 2 is 1.86 bits per heavy atom. The Labute approximate surface area is 85.0 Å². The molecule has 0 aliphatic rings. The number of aliphatic hydroxyl groups is 1. The summed E-state index contributed by atoms with van der Waals surface area (Å²) in [6.07, 6.45) is -0.405. The molecule has 14 heavy (non-hydrogen) atoms. The minimum Gasteiger partial charge on any atom is -0.393 e. The smallest absolute Gasteiger partial charge is 0.393 e. The standard InChI is InChI=1S/C4H12O7P2S/c1-4(5)2-3-14-13(9,10)11-12(6,7)8/h4-5H,2-3H2,1H3,(H,9,10)(H2,6,7,8)/t4-/m0/s1. The van der Waals surface area contributed by atoms with Crippen molar-refractivity contribution in [3.8, 4) is 0 Å². The maximum absolute atomic E-state index is 10.9. The van der Waals surface area contributed by atoms with Crippen LogP contribution in [0.4, 0.5) is 0 Å². The van der Waals surface area contributed by atoms with E-state index in [2.05, 4.69) is 4.31 Å². The van der Waals surface area contributed by atoms with Crippen LogP contribution in [0.1, 0.15) is 13.3 Å². The van der Waals surface area contributed by atoms with Crippen molar-refractivity contribution in [1.29, 1.82) is 0 Å². The Morgan fingerprint density at radius 3 is 2.21 bits per heavy atom. The number of rotatable bonds is 6. The molecule has 0 aromatic heterocycles. The quantitative estimate of drug-likeness (QED) is 0.518. The molecule has 0 spiro atoms. The van der Waals surface area contributed by atoms with Crippen LogP contribution in [-0.4, -0.2) is 31.6 Å². The van der Waals surface area contributed by atoms with Crippen molar-refractivity contribution in [1.82, 2.24) is 0 Å². The van der Waals surface area contributed by atoms with Gasteiger partial charge in [-0.1, -0.05) is 0 Å². The molecule has 0 heterocycles. The third kappa shape index (κ3) is 9.18. The van der Waals surface area contributed by atoms with Crippen molar-refractivity contribution in [2.75, 3.05) is 5.75 Å². The first kappa shape index (κ1) is 14.6. The van der Waals surface area contributed by atoms with E-state index in [9.17, 15) is 9.13 Å². The number of phosphoric acid groups is 1. The van der Waals surface area contributed by atoms with E-state index in [1.165, 1.54) is 6.92 Å². The van der Waals surface area contributed by atoms with Crippen molar-refractivity contribution in [3.05, 3.63) is 0 Å². The Bertz CT molecular complexity index is 260. The second-order valence-corrected chi connectivity index (χ2v) is 7.91. The van der Waals surface area contributed by atoms with E-state index < -0.39 is 20.7 Å². The summed E-state index contributed by atoms with van der Waals surface area (Å²) in [4.78, 5) is 25.4. The Hall–Kier alpha value is 0.610. The van der Waals surface area contributed by atoms with Gasteiger partial charge in [-0.05, 0) is 24.7 Å². The van der Waals surface area contributed by atoms with Crippen molar-refractivity contribution in [3.63, 3.8) is 0 Å². The molecule has 0 saturated carbocycles. The van der Waals surface area contributed by atoms with E-state index in [0.29, 0.717) is 11.4 Å². The summed E-state index contributed by atoms with van der Waals surface area (Å²) in [5.74, 6) is 0.0748. The molecular weight excluding hydrogens is 254 g/mol. The second-order valence-electron chi connectivity index (χ2n) is 2.51. The predicted octanol–water partition coefficient (Wildman–Crippen LogP) is 0.700. The summed E-state index contributed by atoms with van der Waals surface area (Å²) in [5.41, 5.74) is 0. The minimum absolute atomic E-state index is 0.0748. The third-order valence-corrected chi connectivity index (χ3v) is 5.55. The van der Waals surface area contributed by atoms with Gasteiger partial charge in [0.15, 0.2) is 0 Å². The molecule has 2 atom stereocenters. The van der Waals surface area contributed by atoms with Gasteiger partial charge in [-0.15, -0.1) is 0 Å². The average Bonchev–Trinajstić information content (AvgIpc) is 1.78. The molecular formula is C4H12O7P2S. The van der Waals surface area contributed by atoms with Gasteiger partial charge in [0.1, 0.15) is 0 Å². The van der Waals surface area contributed by atoms with E-state index in [1.54, 1.807) is 0 Å². The molecule has 0 saturated heterocycles. The van der Waals surface area contributed by atoms with Crippen molar-refractivity contribution >= 4 is 26.0 Å². The van der Waals surface area contributed by atoms with Gasteiger partial charge in [0, 0.05) is 5.75 Å². The lowest BCUT2D eigenvalue weighted by atomic mass is 10.3. The zero-order valence-electron chi connectivity index (χ0n) is 7.31. The van der Waals surface area contributed by atoms with Crippen LogP contribution in [0.3, 0.4) is 0 Å². The molecule has 86 valence electrons. The van der Waals surface area contributed by atoms with Crippen LogP contribution < -0.4 is 0 Å². The second kappa shape index (κ2) is 5.63. The van der Waals surface area contributed by atoms with Crippen molar-refractivity contribution < 1.29 is 33.2 Å². The zero-order chi connectivity index (χ0) is 11.4. The van der Waals surface area contributed by atoms with E-state index in [1.807, 2.05) is 0 Å². The lowest BCUT2D eigenvalue weighted by Crippen LogP contribution is -2.00. The summed E-state index contributed by atoms with van der Waals surface area (Å²) in [7, 11) is -4.95. The largest absolute Gasteiger partial charge is 0.477 e. The first-order chi connectivity index (χ1) is 6.12. The van der Waals surface area contributed by atoms with E-state index in [4.69, 9.17) is 19.8 Å². The Balaban J connectivity index is 3.97. The fraction of sp³-hybridized carbons (Fsp3) is 1.00. The monoisotopic (exact) mass is 266 g/mol. The Morgan fingerprint density at radius 1 is 1.36 bits per heavy atom. The number of hydrogen-bond acceptors (Lipinski definition) is 5. The fourth-order valence-corrected chi connectivity index (χ4v) is 4.65. The molecule has 0 aromatic rings. The van der Waals surface area contributed by atoms with Gasteiger partial charge in [-0.3, -0.25) is 0 Å². The first-order valence-electron chi connectivity index (χ1n) is 3.55. The Kier molecular flexibility index (Phi) is 5.87. The van der Waals surface area contributed by atoms with E-state index in [0.717, 1.165) is 0 Å². The van der Waals surface area contributed by atoms with Gasteiger partial charge >= 0.3 is 14.6 Å². The van der Waals surface area contributed by atoms with Crippen LogP contribution in [-0.2, 0) is 13.4 Å². The summed E-state index contributed by atoms with van der Waals surface area (Å²) in [5, 5.41) is 8.80. The van der Waals surface area contributed by atoms with Crippen LogP contribution in [0.15, 0.2) is 0 Å².